The minimum atomic E-state index is -0.563. The Kier molecular flexibility index (Phi) is 6.27. The van der Waals surface area contributed by atoms with Gasteiger partial charge in [0.2, 0.25) is 5.91 Å². The number of nitrogens with two attached hydrogens (primary N) is 1. The van der Waals surface area contributed by atoms with Crippen molar-refractivity contribution in [3.8, 4) is 5.75 Å². The smallest absolute Gasteiger partial charge is 0.239 e. The van der Waals surface area contributed by atoms with E-state index in [1.54, 1.807) is 7.11 Å². The number of nitrogens with zero attached hydrogens (tertiary/aromatic N) is 1. The Labute approximate surface area is 122 Å². The average molecular weight is 330 g/mol. The fourth-order valence-electron chi connectivity index (χ4n) is 1.73. The van der Waals surface area contributed by atoms with Crippen molar-refractivity contribution in [2.24, 2.45) is 5.73 Å². The summed E-state index contributed by atoms with van der Waals surface area (Å²) in [7, 11) is 5.52. The van der Waals surface area contributed by atoms with Crippen LogP contribution >= 0.6 is 15.9 Å². The maximum absolute atomic E-state index is 11.6. The Bertz CT molecular complexity index is 438. The second-order valence-corrected chi connectivity index (χ2v) is 5.39. The highest BCUT2D eigenvalue weighted by molar-refractivity contribution is 9.10. The standard InChI is InChI=1S/C13H20BrN3O2/c1-17(2)7-6-16-12(13(15)18)10-8-9(14)4-5-11(10)19-3/h4-5,8,12,16H,6-7H2,1-3H3,(H2,15,18). The lowest BCUT2D eigenvalue weighted by molar-refractivity contribution is -0.120. The van der Waals surface area contributed by atoms with Crippen LogP contribution in [0.5, 0.6) is 5.75 Å². The predicted octanol–water partition coefficient (Wildman–Crippen LogP) is 1.14. The monoisotopic (exact) mass is 329 g/mol. The Hall–Kier alpha value is -1.11. The summed E-state index contributed by atoms with van der Waals surface area (Å²) in [6, 6.07) is 4.95. The van der Waals surface area contributed by atoms with Gasteiger partial charge in [-0.2, -0.15) is 0 Å². The summed E-state index contributed by atoms with van der Waals surface area (Å²) in [5.41, 5.74) is 6.21. The molecule has 1 unspecified atom stereocenters. The van der Waals surface area contributed by atoms with E-state index in [1.165, 1.54) is 0 Å². The molecule has 1 rings (SSSR count). The van der Waals surface area contributed by atoms with E-state index in [1.807, 2.05) is 37.2 Å². The molecule has 106 valence electrons. The van der Waals surface area contributed by atoms with Crippen LogP contribution in [0, 0.1) is 0 Å². The number of hydrogen-bond donors (Lipinski definition) is 2. The zero-order valence-electron chi connectivity index (χ0n) is 11.4. The quantitative estimate of drug-likeness (QED) is 0.787. The van der Waals surface area contributed by atoms with Crippen molar-refractivity contribution in [2.75, 3.05) is 34.3 Å². The lowest BCUT2D eigenvalue weighted by atomic mass is 10.1. The molecule has 0 aromatic heterocycles. The average Bonchev–Trinajstić information content (AvgIpc) is 2.34. The lowest BCUT2D eigenvalue weighted by Crippen LogP contribution is -2.37. The maximum atomic E-state index is 11.6. The van der Waals surface area contributed by atoms with Crippen LogP contribution in [-0.2, 0) is 4.79 Å². The molecule has 0 bridgehead atoms. The number of carbonyl (C=O) groups is 1. The van der Waals surface area contributed by atoms with Crippen molar-refractivity contribution >= 4 is 21.8 Å². The molecule has 0 fully saturated rings. The summed E-state index contributed by atoms with van der Waals surface area (Å²) in [6.45, 7) is 1.48. The molecule has 1 aromatic carbocycles. The van der Waals surface area contributed by atoms with Crippen molar-refractivity contribution < 1.29 is 9.53 Å². The molecule has 3 N–H and O–H groups in total. The molecule has 6 heteroatoms. The van der Waals surface area contributed by atoms with E-state index in [2.05, 4.69) is 21.2 Å². The van der Waals surface area contributed by atoms with Crippen molar-refractivity contribution in [3.63, 3.8) is 0 Å². The number of rotatable bonds is 7. The molecule has 1 amide bonds. The van der Waals surface area contributed by atoms with E-state index < -0.39 is 11.9 Å². The third kappa shape index (κ3) is 4.81. The van der Waals surface area contributed by atoms with Crippen LogP contribution in [-0.4, -0.2) is 45.1 Å². The molecule has 0 saturated carbocycles. The summed E-state index contributed by atoms with van der Waals surface area (Å²) in [5.74, 6) is 0.222. The van der Waals surface area contributed by atoms with Gasteiger partial charge in [0.25, 0.3) is 0 Å². The molecule has 0 saturated heterocycles. The van der Waals surface area contributed by atoms with Crippen molar-refractivity contribution in [1.29, 1.82) is 0 Å². The van der Waals surface area contributed by atoms with E-state index in [4.69, 9.17) is 10.5 Å². The predicted molar refractivity (Wildman–Crippen MR) is 79.2 cm³/mol. The number of likely N-dealkylation sites (N-methyl/N-ethyl adjacent to an activating group) is 1. The highest BCUT2D eigenvalue weighted by Crippen LogP contribution is 2.28. The van der Waals surface area contributed by atoms with E-state index >= 15 is 0 Å². The van der Waals surface area contributed by atoms with Crippen molar-refractivity contribution in [3.05, 3.63) is 28.2 Å². The van der Waals surface area contributed by atoms with Crippen molar-refractivity contribution in [2.45, 2.75) is 6.04 Å². The van der Waals surface area contributed by atoms with Gasteiger partial charge in [-0.05, 0) is 32.3 Å². The number of carbonyl (C=O) groups excluding carboxylic acids is 1. The molecule has 0 heterocycles. The van der Waals surface area contributed by atoms with Gasteiger partial charge in [0.15, 0.2) is 0 Å². The number of methoxy groups -OCH3 is 1. The minimum Gasteiger partial charge on any atom is -0.496 e. The van der Waals surface area contributed by atoms with Gasteiger partial charge in [-0.3, -0.25) is 4.79 Å². The zero-order valence-corrected chi connectivity index (χ0v) is 13.0. The molecule has 0 radical (unpaired) electrons. The molecular weight excluding hydrogens is 310 g/mol. The molecule has 1 aromatic rings. The fraction of sp³-hybridized carbons (Fsp3) is 0.462. The second kappa shape index (κ2) is 7.47. The van der Waals surface area contributed by atoms with Crippen LogP contribution in [0.1, 0.15) is 11.6 Å². The number of halogens is 1. The highest BCUT2D eigenvalue weighted by Gasteiger charge is 2.21. The van der Waals surface area contributed by atoms with Gasteiger partial charge < -0.3 is 20.7 Å². The van der Waals surface area contributed by atoms with Gasteiger partial charge in [0.1, 0.15) is 11.8 Å². The molecule has 0 aliphatic rings. The molecule has 0 spiro atoms. The first kappa shape index (κ1) is 15.9. The van der Waals surface area contributed by atoms with Crippen LogP contribution in [0.25, 0.3) is 0 Å². The number of ether oxygens (including phenoxy) is 1. The summed E-state index contributed by atoms with van der Waals surface area (Å²) in [5, 5.41) is 3.15. The minimum absolute atomic E-state index is 0.421. The number of amides is 1. The second-order valence-electron chi connectivity index (χ2n) is 4.48. The topological polar surface area (TPSA) is 67.6 Å². The summed E-state index contributed by atoms with van der Waals surface area (Å²) < 4.78 is 6.16. The Morgan fingerprint density at radius 1 is 1.53 bits per heavy atom. The van der Waals surface area contributed by atoms with Gasteiger partial charge in [-0.1, -0.05) is 15.9 Å². The molecule has 1 atom stereocenters. The van der Waals surface area contributed by atoms with Crippen LogP contribution in [0.2, 0.25) is 0 Å². The first-order valence-corrected chi connectivity index (χ1v) is 6.76. The summed E-state index contributed by atoms with van der Waals surface area (Å²) in [4.78, 5) is 13.7. The van der Waals surface area contributed by atoms with Crippen LogP contribution in [0.3, 0.4) is 0 Å². The normalized spacial score (nSPS) is 12.5. The fourth-order valence-corrected chi connectivity index (χ4v) is 2.11. The number of hydrogen-bond acceptors (Lipinski definition) is 4. The summed E-state index contributed by atoms with van der Waals surface area (Å²) >= 11 is 3.39. The maximum Gasteiger partial charge on any atom is 0.239 e. The molecule has 19 heavy (non-hydrogen) atoms. The largest absolute Gasteiger partial charge is 0.496 e. The summed E-state index contributed by atoms with van der Waals surface area (Å²) in [6.07, 6.45) is 0. The molecule has 5 nitrogen and oxygen atoms in total. The van der Waals surface area contributed by atoms with Gasteiger partial charge in [-0.25, -0.2) is 0 Å². The Balaban J connectivity index is 2.92. The van der Waals surface area contributed by atoms with Gasteiger partial charge in [0.05, 0.1) is 7.11 Å². The lowest BCUT2D eigenvalue weighted by Gasteiger charge is -2.20. The number of nitrogens with one attached hydrogen (secondary N) is 1. The van der Waals surface area contributed by atoms with Gasteiger partial charge in [0, 0.05) is 23.1 Å². The Morgan fingerprint density at radius 2 is 2.21 bits per heavy atom. The zero-order chi connectivity index (χ0) is 14.4. The molecular formula is C13H20BrN3O2. The van der Waals surface area contributed by atoms with Gasteiger partial charge >= 0.3 is 0 Å². The van der Waals surface area contributed by atoms with Crippen LogP contribution in [0.15, 0.2) is 22.7 Å². The Morgan fingerprint density at radius 3 is 2.74 bits per heavy atom. The van der Waals surface area contributed by atoms with E-state index in [9.17, 15) is 4.79 Å². The van der Waals surface area contributed by atoms with Crippen LogP contribution in [0.4, 0.5) is 0 Å². The first-order chi connectivity index (χ1) is 8.95. The van der Waals surface area contributed by atoms with Gasteiger partial charge in [-0.15, -0.1) is 0 Å². The SMILES string of the molecule is COc1ccc(Br)cc1C(NCCN(C)C)C(N)=O. The number of benzene rings is 1. The van der Waals surface area contributed by atoms with E-state index in [-0.39, 0.29) is 0 Å². The van der Waals surface area contributed by atoms with Crippen LogP contribution < -0.4 is 15.8 Å². The molecule has 0 aliphatic heterocycles. The van der Waals surface area contributed by atoms with E-state index in [0.717, 1.165) is 16.6 Å². The number of primary amides is 1. The van der Waals surface area contributed by atoms with Crippen molar-refractivity contribution in [1.82, 2.24) is 10.2 Å². The first-order valence-electron chi connectivity index (χ1n) is 5.96. The third-order valence-corrected chi connectivity index (χ3v) is 3.19. The van der Waals surface area contributed by atoms with E-state index in [0.29, 0.717) is 12.3 Å². The molecule has 0 aliphatic carbocycles. The highest BCUT2D eigenvalue weighted by atomic mass is 79.9. The third-order valence-electron chi connectivity index (χ3n) is 2.69.